The summed E-state index contributed by atoms with van der Waals surface area (Å²) in [4.78, 5) is 0. The van der Waals surface area contributed by atoms with E-state index in [1.54, 1.807) is 19.1 Å². The predicted octanol–water partition coefficient (Wildman–Crippen LogP) is 2.20. The van der Waals surface area contributed by atoms with Gasteiger partial charge < -0.3 is 15.5 Å². The van der Waals surface area contributed by atoms with Gasteiger partial charge in [0.25, 0.3) is 0 Å². The van der Waals surface area contributed by atoms with Gasteiger partial charge in [-0.25, -0.2) is 0 Å². The summed E-state index contributed by atoms with van der Waals surface area (Å²) in [7, 11) is 0. The lowest BCUT2D eigenvalue weighted by Crippen LogP contribution is -2.24. The number of aliphatic hydroxyl groups excluding tert-OH is 1. The Morgan fingerprint density at radius 3 is 2.38 bits per heavy atom. The van der Waals surface area contributed by atoms with Crippen LogP contribution >= 0.6 is 0 Å². The van der Waals surface area contributed by atoms with Crippen LogP contribution in [0.4, 0.5) is 0 Å². The lowest BCUT2D eigenvalue weighted by molar-refractivity contribution is 0.182. The van der Waals surface area contributed by atoms with E-state index in [2.05, 4.69) is 12.2 Å². The van der Waals surface area contributed by atoms with Crippen molar-refractivity contribution in [3.63, 3.8) is 0 Å². The molecule has 0 aromatic heterocycles. The minimum absolute atomic E-state index is 0.259. The Morgan fingerprint density at radius 2 is 1.88 bits per heavy atom. The van der Waals surface area contributed by atoms with Gasteiger partial charge in [-0.1, -0.05) is 19.1 Å². The third-order valence-corrected chi connectivity index (χ3v) is 2.66. The van der Waals surface area contributed by atoms with Gasteiger partial charge >= 0.3 is 0 Å². The number of aromatic hydroxyl groups is 1. The Morgan fingerprint density at radius 1 is 1.25 bits per heavy atom. The first-order chi connectivity index (χ1) is 7.63. The molecular formula is C13H21NO2. The molecule has 0 saturated carbocycles. The molecule has 3 nitrogen and oxygen atoms in total. The monoisotopic (exact) mass is 223 g/mol. The van der Waals surface area contributed by atoms with Crippen LogP contribution in [-0.4, -0.2) is 22.9 Å². The quantitative estimate of drug-likeness (QED) is 0.693. The Labute approximate surface area is 97.1 Å². The number of hydrogen-bond acceptors (Lipinski definition) is 3. The summed E-state index contributed by atoms with van der Waals surface area (Å²) >= 11 is 0. The highest BCUT2D eigenvalue weighted by atomic mass is 16.3. The summed E-state index contributed by atoms with van der Waals surface area (Å²) < 4.78 is 0. The van der Waals surface area contributed by atoms with Crippen molar-refractivity contribution in [1.82, 2.24) is 5.32 Å². The molecule has 0 aliphatic heterocycles. The third kappa shape index (κ3) is 4.21. The van der Waals surface area contributed by atoms with Gasteiger partial charge in [-0.05, 0) is 44.0 Å². The van der Waals surface area contributed by atoms with Crippen LogP contribution in [-0.2, 0) is 0 Å². The standard InChI is InChI=1S/C13H21NO2/c1-3-13(14-9-8-10(2)15)11-4-6-12(16)7-5-11/h4-7,10,13-16H,3,8-9H2,1-2H3. The Bertz CT molecular complexity index is 295. The van der Waals surface area contributed by atoms with Crippen molar-refractivity contribution in [2.24, 2.45) is 0 Å². The van der Waals surface area contributed by atoms with Gasteiger partial charge in [-0.2, -0.15) is 0 Å². The zero-order valence-corrected chi connectivity index (χ0v) is 9.98. The number of benzene rings is 1. The van der Waals surface area contributed by atoms with Gasteiger partial charge in [-0.15, -0.1) is 0 Å². The number of aliphatic hydroxyl groups is 1. The maximum Gasteiger partial charge on any atom is 0.115 e. The SMILES string of the molecule is CCC(NCCC(C)O)c1ccc(O)cc1. The second kappa shape index (κ2) is 6.51. The fourth-order valence-electron chi connectivity index (χ4n) is 1.67. The first-order valence-electron chi connectivity index (χ1n) is 5.84. The zero-order chi connectivity index (χ0) is 12.0. The maximum absolute atomic E-state index is 9.21. The largest absolute Gasteiger partial charge is 0.508 e. The molecule has 0 aliphatic rings. The molecule has 3 heteroatoms. The van der Waals surface area contributed by atoms with Crippen LogP contribution in [0.3, 0.4) is 0 Å². The summed E-state index contributed by atoms with van der Waals surface area (Å²) in [6.45, 7) is 4.72. The average Bonchev–Trinajstić information content (AvgIpc) is 2.26. The van der Waals surface area contributed by atoms with Crippen molar-refractivity contribution in [2.75, 3.05) is 6.54 Å². The highest BCUT2D eigenvalue weighted by molar-refractivity contribution is 5.27. The van der Waals surface area contributed by atoms with Crippen molar-refractivity contribution in [1.29, 1.82) is 0 Å². The van der Waals surface area contributed by atoms with E-state index >= 15 is 0 Å². The predicted molar refractivity (Wildman–Crippen MR) is 65.4 cm³/mol. The zero-order valence-electron chi connectivity index (χ0n) is 9.98. The van der Waals surface area contributed by atoms with E-state index in [0.717, 1.165) is 19.4 Å². The Kier molecular flexibility index (Phi) is 5.29. The molecular weight excluding hydrogens is 202 g/mol. The molecule has 1 rings (SSSR count). The van der Waals surface area contributed by atoms with Crippen LogP contribution in [0.5, 0.6) is 5.75 Å². The summed E-state index contributed by atoms with van der Waals surface area (Å²) in [5.41, 5.74) is 1.17. The normalized spacial score (nSPS) is 14.7. The molecule has 2 atom stereocenters. The van der Waals surface area contributed by atoms with E-state index < -0.39 is 0 Å². The number of rotatable bonds is 6. The molecule has 0 radical (unpaired) electrons. The molecule has 1 aromatic carbocycles. The molecule has 0 fully saturated rings. The molecule has 0 spiro atoms. The second-order valence-corrected chi connectivity index (χ2v) is 4.14. The van der Waals surface area contributed by atoms with Crippen LogP contribution < -0.4 is 5.32 Å². The molecule has 0 heterocycles. The Hall–Kier alpha value is -1.06. The van der Waals surface area contributed by atoms with Gasteiger partial charge in [0.1, 0.15) is 5.75 Å². The molecule has 16 heavy (non-hydrogen) atoms. The van der Waals surface area contributed by atoms with Crippen LogP contribution in [0, 0.1) is 0 Å². The number of hydrogen-bond donors (Lipinski definition) is 3. The molecule has 0 bridgehead atoms. The molecule has 0 saturated heterocycles. The maximum atomic E-state index is 9.21. The number of nitrogens with one attached hydrogen (secondary N) is 1. The summed E-state index contributed by atoms with van der Waals surface area (Å²) in [6.07, 6.45) is 1.49. The van der Waals surface area contributed by atoms with Crippen LogP contribution in [0.25, 0.3) is 0 Å². The first-order valence-corrected chi connectivity index (χ1v) is 5.84. The van der Waals surface area contributed by atoms with Gasteiger partial charge in [-0.3, -0.25) is 0 Å². The molecule has 3 N–H and O–H groups in total. The van der Waals surface area contributed by atoms with Crippen LogP contribution in [0.1, 0.15) is 38.3 Å². The van der Waals surface area contributed by atoms with Crippen molar-refractivity contribution in [3.8, 4) is 5.75 Å². The first kappa shape index (κ1) is 13.0. The van der Waals surface area contributed by atoms with E-state index in [0.29, 0.717) is 11.8 Å². The highest BCUT2D eigenvalue weighted by Crippen LogP contribution is 2.19. The van der Waals surface area contributed by atoms with E-state index in [1.165, 1.54) is 5.56 Å². The van der Waals surface area contributed by atoms with Crippen molar-refractivity contribution in [3.05, 3.63) is 29.8 Å². The average molecular weight is 223 g/mol. The van der Waals surface area contributed by atoms with Crippen LogP contribution in [0.15, 0.2) is 24.3 Å². The van der Waals surface area contributed by atoms with Crippen molar-refractivity contribution >= 4 is 0 Å². The number of phenols is 1. The fourth-order valence-corrected chi connectivity index (χ4v) is 1.67. The van der Waals surface area contributed by atoms with E-state index in [4.69, 9.17) is 0 Å². The minimum atomic E-state index is -0.259. The van der Waals surface area contributed by atoms with Gasteiger partial charge in [0, 0.05) is 6.04 Å². The van der Waals surface area contributed by atoms with Gasteiger partial charge in [0.2, 0.25) is 0 Å². The molecule has 0 amide bonds. The third-order valence-electron chi connectivity index (χ3n) is 2.66. The lowest BCUT2D eigenvalue weighted by Gasteiger charge is -2.18. The van der Waals surface area contributed by atoms with E-state index in [9.17, 15) is 10.2 Å². The summed E-state index contributed by atoms with van der Waals surface area (Å²) in [5, 5.41) is 21.8. The molecule has 90 valence electrons. The summed E-state index contributed by atoms with van der Waals surface area (Å²) in [5.74, 6) is 0.294. The lowest BCUT2D eigenvalue weighted by atomic mass is 10.0. The topological polar surface area (TPSA) is 52.5 Å². The second-order valence-electron chi connectivity index (χ2n) is 4.14. The molecule has 1 aromatic rings. The van der Waals surface area contributed by atoms with Crippen LogP contribution in [0.2, 0.25) is 0 Å². The highest BCUT2D eigenvalue weighted by Gasteiger charge is 2.08. The van der Waals surface area contributed by atoms with E-state index in [-0.39, 0.29) is 6.10 Å². The minimum Gasteiger partial charge on any atom is -0.508 e. The van der Waals surface area contributed by atoms with Crippen molar-refractivity contribution in [2.45, 2.75) is 38.8 Å². The molecule has 0 aliphatic carbocycles. The smallest absolute Gasteiger partial charge is 0.115 e. The van der Waals surface area contributed by atoms with Gasteiger partial charge in [0.05, 0.1) is 6.10 Å². The van der Waals surface area contributed by atoms with Gasteiger partial charge in [0.15, 0.2) is 0 Å². The number of phenolic OH excluding ortho intramolecular Hbond substituents is 1. The van der Waals surface area contributed by atoms with E-state index in [1.807, 2.05) is 12.1 Å². The summed E-state index contributed by atoms with van der Waals surface area (Å²) in [6, 6.07) is 7.56. The Balaban J connectivity index is 2.50. The van der Waals surface area contributed by atoms with Crippen molar-refractivity contribution < 1.29 is 10.2 Å². The molecule has 2 unspecified atom stereocenters. The fraction of sp³-hybridized carbons (Fsp3) is 0.538.